The zero-order valence-corrected chi connectivity index (χ0v) is 24.0. The first-order chi connectivity index (χ1) is 19.9. The number of carbonyl (C=O) groups is 3. The molecule has 208 valence electrons. The second-order valence-corrected chi connectivity index (χ2v) is 10.6. The third-order valence-electron chi connectivity index (χ3n) is 6.98. The van der Waals surface area contributed by atoms with Gasteiger partial charge in [0.15, 0.2) is 0 Å². The summed E-state index contributed by atoms with van der Waals surface area (Å²) in [7, 11) is 1.41. The van der Waals surface area contributed by atoms with Crippen LogP contribution in [0.1, 0.15) is 30.0 Å². The fourth-order valence-corrected chi connectivity index (χ4v) is 5.14. The van der Waals surface area contributed by atoms with Crippen molar-refractivity contribution in [2.75, 3.05) is 12.0 Å². The zero-order valence-electron chi connectivity index (χ0n) is 22.5. The van der Waals surface area contributed by atoms with Gasteiger partial charge in [-0.2, -0.15) is 0 Å². The minimum atomic E-state index is -0.558. The number of halogens is 1. The molecular weight excluding hydrogens is 584 g/mol. The SMILES string of the molecule is COC1CC(=O)NC1=O.O=C1CC(c2ccc(Br)cc2OCc2ccccc2)N1c1ccc(-c2ccccc2)cc1. The molecule has 2 unspecified atom stereocenters. The number of nitrogens with one attached hydrogen (secondary N) is 1. The summed E-state index contributed by atoms with van der Waals surface area (Å²) in [5.41, 5.74) is 5.33. The number of methoxy groups -OCH3 is 1. The molecule has 2 fully saturated rings. The Balaban J connectivity index is 0.000000321. The molecule has 2 aliphatic heterocycles. The topological polar surface area (TPSA) is 84.9 Å². The van der Waals surface area contributed by atoms with Gasteiger partial charge in [0.1, 0.15) is 18.5 Å². The average molecular weight is 614 g/mol. The lowest BCUT2D eigenvalue weighted by Gasteiger charge is -2.41. The normalized spacial score (nSPS) is 17.8. The minimum Gasteiger partial charge on any atom is -0.489 e. The Labute approximate surface area is 247 Å². The number of β-lactam (4-membered cyclic amide) rings is 1. The Bertz CT molecular complexity index is 1530. The quantitative estimate of drug-likeness (QED) is 0.198. The number of hydrogen-bond donors (Lipinski definition) is 1. The Morgan fingerprint density at radius 3 is 2.07 bits per heavy atom. The first-order valence-electron chi connectivity index (χ1n) is 13.2. The summed E-state index contributed by atoms with van der Waals surface area (Å²) in [6.45, 7) is 0.483. The van der Waals surface area contributed by atoms with Crippen LogP contribution in [0.3, 0.4) is 0 Å². The highest BCUT2D eigenvalue weighted by molar-refractivity contribution is 9.10. The molecule has 0 aromatic heterocycles. The van der Waals surface area contributed by atoms with Crippen molar-refractivity contribution in [2.45, 2.75) is 31.6 Å². The van der Waals surface area contributed by atoms with E-state index < -0.39 is 6.10 Å². The molecule has 2 atom stereocenters. The van der Waals surface area contributed by atoms with E-state index in [9.17, 15) is 14.4 Å². The number of hydrogen-bond acceptors (Lipinski definition) is 5. The Hall–Kier alpha value is -4.27. The van der Waals surface area contributed by atoms with Crippen LogP contribution in [0.25, 0.3) is 11.1 Å². The van der Waals surface area contributed by atoms with Crippen molar-refractivity contribution in [3.63, 3.8) is 0 Å². The van der Waals surface area contributed by atoms with Gasteiger partial charge in [0.25, 0.3) is 5.91 Å². The zero-order chi connectivity index (χ0) is 28.8. The van der Waals surface area contributed by atoms with E-state index in [1.807, 2.05) is 83.8 Å². The second kappa shape index (κ2) is 12.9. The van der Waals surface area contributed by atoms with Gasteiger partial charge in [-0.1, -0.05) is 94.8 Å². The number of benzene rings is 4. The molecule has 3 amide bonds. The number of anilines is 1. The molecular formula is C33H29BrN2O5. The van der Waals surface area contributed by atoms with Crippen molar-refractivity contribution < 1.29 is 23.9 Å². The lowest BCUT2D eigenvalue weighted by atomic mass is 9.92. The maximum atomic E-state index is 12.6. The van der Waals surface area contributed by atoms with Crippen LogP contribution in [0, 0.1) is 0 Å². The lowest BCUT2D eigenvalue weighted by molar-refractivity contribution is -0.128. The maximum absolute atomic E-state index is 12.6. The molecule has 1 N–H and O–H groups in total. The van der Waals surface area contributed by atoms with Gasteiger partial charge < -0.3 is 14.4 Å². The van der Waals surface area contributed by atoms with Crippen molar-refractivity contribution in [3.8, 4) is 16.9 Å². The summed E-state index contributed by atoms with van der Waals surface area (Å²) in [6.07, 6.45) is 0.0801. The first kappa shape index (κ1) is 28.3. The maximum Gasteiger partial charge on any atom is 0.256 e. The minimum absolute atomic E-state index is 0.0380. The van der Waals surface area contributed by atoms with E-state index in [0.29, 0.717) is 13.0 Å². The van der Waals surface area contributed by atoms with Gasteiger partial charge >= 0.3 is 0 Å². The number of ether oxygens (including phenoxy) is 2. The predicted octanol–water partition coefficient (Wildman–Crippen LogP) is 6.22. The van der Waals surface area contributed by atoms with E-state index in [0.717, 1.165) is 38.2 Å². The fraction of sp³-hybridized carbons (Fsp3) is 0.182. The summed E-state index contributed by atoms with van der Waals surface area (Å²) in [4.78, 5) is 35.4. The highest BCUT2D eigenvalue weighted by Gasteiger charge is 2.40. The van der Waals surface area contributed by atoms with Gasteiger partial charge in [0, 0.05) is 22.8 Å². The van der Waals surface area contributed by atoms with Crippen LogP contribution in [0.5, 0.6) is 5.75 Å². The molecule has 7 nitrogen and oxygen atoms in total. The van der Waals surface area contributed by atoms with Crippen molar-refractivity contribution in [2.24, 2.45) is 0 Å². The third kappa shape index (κ3) is 6.73. The summed E-state index contributed by atoms with van der Waals surface area (Å²) in [5, 5.41) is 2.11. The monoisotopic (exact) mass is 612 g/mol. The van der Waals surface area contributed by atoms with Crippen molar-refractivity contribution in [1.29, 1.82) is 0 Å². The first-order valence-corrected chi connectivity index (χ1v) is 14.0. The van der Waals surface area contributed by atoms with Gasteiger partial charge in [-0.15, -0.1) is 0 Å². The molecule has 8 heteroatoms. The molecule has 41 heavy (non-hydrogen) atoms. The van der Waals surface area contributed by atoms with E-state index in [1.54, 1.807) is 0 Å². The van der Waals surface area contributed by atoms with E-state index in [4.69, 9.17) is 4.74 Å². The van der Waals surface area contributed by atoms with E-state index in [-0.39, 0.29) is 30.2 Å². The Morgan fingerprint density at radius 2 is 1.49 bits per heavy atom. The number of rotatable bonds is 7. The van der Waals surface area contributed by atoms with Crippen molar-refractivity contribution in [3.05, 3.63) is 119 Å². The lowest BCUT2D eigenvalue weighted by Crippen LogP contribution is -2.46. The van der Waals surface area contributed by atoms with Crippen molar-refractivity contribution in [1.82, 2.24) is 5.32 Å². The van der Waals surface area contributed by atoms with Crippen LogP contribution in [0.4, 0.5) is 5.69 Å². The number of carbonyl (C=O) groups excluding carboxylic acids is 3. The van der Waals surface area contributed by atoms with Crippen LogP contribution >= 0.6 is 15.9 Å². The van der Waals surface area contributed by atoms with Gasteiger partial charge in [-0.05, 0) is 41.0 Å². The summed E-state index contributed by atoms with van der Waals surface area (Å²) in [6, 6.07) is 34.5. The molecule has 0 aliphatic carbocycles. The second-order valence-electron chi connectivity index (χ2n) is 9.69. The summed E-state index contributed by atoms with van der Waals surface area (Å²) < 4.78 is 11.8. The van der Waals surface area contributed by atoms with Crippen LogP contribution in [-0.2, 0) is 25.7 Å². The van der Waals surface area contributed by atoms with E-state index in [1.165, 1.54) is 7.11 Å². The van der Waals surface area contributed by atoms with E-state index in [2.05, 4.69) is 50.2 Å². The van der Waals surface area contributed by atoms with Crippen LogP contribution in [-0.4, -0.2) is 30.9 Å². The van der Waals surface area contributed by atoms with Crippen LogP contribution < -0.4 is 15.0 Å². The Morgan fingerprint density at radius 1 is 0.829 bits per heavy atom. The third-order valence-corrected chi connectivity index (χ3v) is 7.48. The Kier molecular flexibility index (Phi) is 8.91. The molecule has 0 bridgehead atoms. The highest BCUT2D eigenvalue weighted by atomic mass is 79.9. The molecule has 0 spiro atoms. The molecule has 2 aliphatic rings. The smallest absolute Gasteiger partial charge is 0.256 e. The number of amides is 3. The van der Waals surface area contributed by atoms with E-state index >= 15 is 0 Å². The van der Waals surface area contributed by atoms with Crippen LogP contribution in [0.2, 0.25) is 0 Å². The number of imide groups is 1. The molecule has 6 rings (SSSR count). The highest BCUT2D eigenvalue weighted by Crippen LogP contribution is 2.43. The summed E-state index contributed by atoms with van der Waals surface area (Å²) >= 11 is 3.55. The standard InChI is InChI=1S/C28H22BrNO2.C5H7NO3/c29-23-13-16-25(27(17-23)32-19-20-7-3-1-4-8-20)26-18-28(31)30(26)24-14-11-22(12-15-24)21-9-5-2-6-10-21;1-9-3-2-4(7)6-5(3)8/h1-17,26H,18-19H2;3H,2H2,1H3,(H,6,7,8). The fourth-order valence-electron chi connectivity index (χ4n) is 4.80. The molecule has 2 saturated heterocycles. The molecule has 0 radical (unpaired) electrons. The van der Waals surface area contributed by atoms with Gasteiger partial charge in [0.05, 0.1) is 18.9 Å². The molecule has 2 heterocycles. The largest absolute Gasteiger partial charge is 0.489 e. The predicted molar refractivity (Wildman–Crippen MR) is 160 cm³/mol. The van der Waals surface area contributed by atoms with Crippen LogP contribution in [0.15, 0.2) is 108 Å². The van der Waals surface area contributed by atoms with Crippen molar-refractivity contribution >= 4 is 39.3 Å². The van der Waals surface area contributed by atoms with Gasteiger partial charge in [0.2, 0.25) is 11.8 Å². The number of nitrogens with zero attached hydrogens (tertiary/aromatic N) is 1. The summed E-state index contributed by atoms with van der Waals surface area (Å²) in [5.74, 6) is 0.334. The van der Waals surface area contributed by atoms with Gasteiger partial charge in [-0.25, -0.2) is 0 Å². The van der Waals surface area contributed by atoms with Gasteiger partial charge in [-0.3, -0.25) is 19.7 Å². The molecule has 4 aromatic carbocycles. The average Bonchev–Trinajstić information content (AvgIpc) is 3.33. The molecule has 4 aromatic rings. The molecule has 0 saturated carbocycles.